The number of aromatic hydroxyl groups is 1. The summed E-state index contributed by atoms with van der Waals surface area (Å²) in [6.07, 6.45) is 1.82. The summed E-state index contributed by atoms with van der Waals surface area (Å²) in [4.78, 5) is 14.5. The predicted molar refractivity (Wildman–Crippen MR) is 289 cm³/mol. The molecule has 0 fully saturated rings. The second-order valence-corrected chi connectivity index (χ2v) is 18.7. The number of benzene rings is 7. The van der Waals surface area contributed by atoms with Crippen LogP contribution in [0.1, 0.15) is 61.8 Å². The van der Waals surface area contributed by atoms with E-state index in [-0.39, 0.29) is 43.5 Å². The van der Waals surface area contributed by atoms with E-state index in [1.807, 2.05) is 66.9 Å². The molecular weight excluding hydrogens is 1070 g/mol. The van der Waals surface area contributed by atoms with Gasteiger partial charge >= 0.3 is 0 Å². The minimum Gasteiger partial charge on any atom is -0.507 e. The van der Waals surface area contributed by atoms with Crippen LogP contribution in [0, 0.1) is 31.8 Å². The molecule has 0 bridgehead atoms. The Hall–Kier alpha value is -7.83. The molecule has 0 saturated carbocycles. The Morgan fingerprint density at radius 3 is 1.83 bits per heavy atom. The van der Waals surface area contributed by atoms with Crippen LogP contribution < -0.4 is 0 Å². The molecule has 4 heterocycles. The third kappa shape index (κ3) is 10.3. The Morgan fingerprint density at radius 2 is 1.18 bits per heavy atom. The van der Waals surface area contributed by atoms with Crippen molar-refractivity contribution in [2.24, 2.45) is 0 Å². The van der Waals surface area contributed by atoms with Gasteiger partial charge in [0.1, 0.15) is 17.0 Å². The molecule has 11 aromatic rings. The summed E-state index contributed by atoms with van der Waals surface area (Å²) in [5, 5.41) is 12.8. The smallest absolute Gasteiger partial charge is 0.161 e. The van der Waals surface area contributed by atoms with Crippen molar-refractivity contribution in [3.8, 4) is 84.3 Å². The van der Waals surface area contributed by atoms with Crippen LogP contribution in [0.2, 0.25) is 0 Å². The molecule has 0 aliphatic heterocycles. The van der Waals surface area contributed by atoms with Gasteiger partial charge in [-0.25, -0.2) is 0 Å². The number of nitrogens with zero attached hydrogens (tertiary/aromatic N) is 3. The van der Waals surface area contributed by atoms with E-state index in [1.54, 1.807) is 18.2 Å². The fraction of sp³-hybridized carbons (Fsp3) is 0.123. The topological polar surface area (TPSA) is 72.0 Å². The number of halogens is 1. The van der Waals surface area contributed by atoms with Crippen molar-refractivity contribution in [1.82, 2.24) is 15.0 Å². The third-order valence-corrected chi connectivity index (χ3v) is 12.9. The third-order valence-electron chi connectivity index (χ3n) is 12.9. The maximum Gasteiger partial charge on any atom is 0.161 e. The second kappa shape index (κ2) is 21.3. The number of hydrogen-bond donors (Lipinski definition) is 1. The summed E-state index contributed by atoms with van der Waals surface area (Å²) < 4.78 is 20.2. The van der Waals surface area contributed by atoms with Crippen LogP contribution in [0.25, 0.3) is 100 Å². The number of furan rings is 1. The van der Waals surface area contributed by atoms with Gasteiger partial charge in [-0.1, -0.05) is 138 Å². The molecule has 0 aliphatic rings. The van der Waals surface area contributed by atoms with E-state index in [1.165, 1.54) is 45.5 Å². The van der Waals surface area contributed by atoms with Gasteiger partial charge in [0.2, 0.25) is 0 Å². The molecule has 357 valence electrons. The zero-order valence-electron chi connectivity index (χ0n) is 41.0. The molecule has 5 nitrogen and oxygen atoms in total. The van der Waals surface area contributed by atoms with Gasteiger partial charge in [-0.3, -0.25) is 19.3 Å². The minimum atomic E-state index is -0.341. The van der Waals surface area contributed by atoms with Crippen LogP contribution in [0.5, 0.6) is 5.75 Å². The van der Waals surface area contributed by atoms with Crippen LogP contribution in [0.4, 0.5) is 4.39 Å². The van der Waals surface area contributed by atoms with Gasteiger partial charge in [-0.2, -0.15) is 0 Å². The number of fused-ring (bicyclic) bond motifs is 3. The second-order valence-electron chi connectivity index (χ2n) is 18.7. The molecule has 0 atom stereocenters. The van der Waals surface area contributed by atoms with Crippen LogP contribution >= 0.6 is 0 Å². The summed E-state index contributed by atoms with van der Waals surface area (Å²) in [6.45, 7) is 13.0. The first-order chi connectivity index (χ1) is 34.5. The molecule has 4 aromatic heterocycles. The van der Waals surface area contributed by atoms with E-state index >= 15 is 0 Å². The van der Waals surface area contributed by atoms with Gasteiger partial charge < -0.3 is 9.52 Å². The first-order valence-corrected chi connectivity index (χ1v) is 24.0. The normalized spacial score (nSPS) is 11.2. The molecule has 7 heteroatoms. The van der Waals surface area contributed by atoms with Gasteiger partial charge in [0.05, 0.1) is 11.4 Å². The quantitative estimate of drug-likeness (QED) is 0.146. The van der Waals surface area contributed by atoms with Gasteiger partial charge in [0.25, 0.3) is 0 Å². The van der Waals surface area contributed by atoms with E-state index in [0.717, 1.165) is 66.8 Å². The molecule has 0 saturated heterocycles. The van der Waals surface area contributed by atoms with Crippen LogP contribution in [-0.4, -0.2) is 20.1 Å². The average Bonchev–Trinajstić information content (AvgIpc) is 3.77. The first kappa shape index (κ1) is 49.2. The number of phenolic OH excluding ortho intramolecular Hbond substituents is 1. The van der Waals surface area contributed by atoms with Crippen LogP contribution in [0.3, 0.4) is 0 Å². The molecule has 11 rings (SSSR count). The molecule has 0 aliphatic carbocycles. The number of pyridine rings is 3. The van der Waals surface area contributed by atoms with Gasteiger partial charge in [0.15, 0.2) is 5.58 Å². The zero-order chi connectivity index (χ0) is 49.2. The maximum atomic E-state index is 13.7. The number of hydrogen-bond acceptors (Lipinski definition) is 5. The van der Waals surface area contributed by atoms with E-state index in [0.29, 0.717) is 22.5 Å². The van der Waals surface area contributed by atoms with Crippen molar-refractivity contribution in [2.75, 3.05) is 0 Å². The number of aryl methyl sites for hydroxylation is 2. The van der Waals surface area contributed by atoms with E-state index in [4.69, 9.17) is 14.4 Å². The van der Waals surface area contributed by atoms with Crippen LogP contribution in [-0.2, 0) is 20.1 Å². The zero-order valence-corrected chi connectivity index (χ0v) is 43.4. The van der Waals surface area contributed by atoms with Crippen molar-refractivity contribution >= 4 is 21.9 Å². The van der Waals surface area contributed by atoms with Gasteiger partial charge in [0, 0.05) is 48.5 Å². The summed E-state index contributed by atoms with van der Waals surface area (Å²) in [5.74, 6) is 0.368. The summed E-state index contributed by atoms with van der Waals surface area (Å²) in [5.41, 5.74) is 19.3. The van der Waals surface area contributed by atoms with E-state index in [9.17, 15) is 9.50 Å². The summed E-state index contributed by atoms with van der Waals surface area (Å²) in [6, 6.07) is 66.2. The molecule has 72 heavy (non-hydrogen) atoms. The number of phenols is 1. The summed E-state index contributed by atoms with van der Waals surface area (Å²) >= 11 is 0. The van der Waals surface area contributed by atoms with Crippen molar-refractivity contribution in [1.29, 1.82) is 0 Å². The van der Waals surface area contributed by atoms with Crippen molar-refractivity contribution in [3.05, 3.63) is 228 Å². The molecule has 1 N–H and O–H groups in total. The Bertz CT molecular complexity index is 3670. The molecule has 0 unspecified atom stereocenters. The van der Waals surface area contributed by atoms with Crippen molar-refractivity contribution in [2.45, 2.75) is 53.4 Å². The standard InChI is InChI=1S/C35H31FNO.C30H21N2O.Ir/c1-22(2)30-18-26(24-10-6-5-7-11-24)19-31(23(3)4)35(30)27-20-32(25-14-16-28(36)17-15-25)37-33(21-27)29-12-8-9-13-34(29)38;1-19-7-6-10-23(15-19)26-18-25-24-12-11-22(21-8-4-3-5-9-21)17-28(24)33-30(25)29(32-26)27-16-20(2)13-14-31-27;/h5-14,16-23,38H,1-4H3;3-9,11-18H,1-2H3;/q2*-1;. The van der Waals surface area contributed by atoms with Crippen LogP contribution in [0.15, 0.2) is 193 Å². The van der Waals surface area contributed by atoms with E-state index < -0.39 is 0 Å². The first-order valence-electron chi connectivity index (χ1n) is 24.0. The number of para-hydroxylation sites is 1. The average molecular weight is 1120 g/mol. The minimum absolute atomic E-state index is 0. The molecular formula is C65H52FIrN3O2-2. The fourth-order valence-electron chi connectivity index (χ4n) is 9.23. The van der Waals surface area contributed by atoms with Gasteiger partial charge in [-0.15, -0.1) is 65.2 Å². The van der Waals surface area contributed by atoms with Gasteiger partial charge in [-0.05, 0) is 123 Å². The number of aromatic nitrogens is 3. The largest absolute Gasteiger partial charge is 0.507 e. The SMILES string of the molecule is CC(C)c1cc(-c2ccccc2)cc(C(C)C)c1-c1cc(-c2[c-]cc(F)cc2)nc(-c2ccccc2O)c1.Cc1cc[c-]c(-c2cc3c(oc4cc(-c5ccccc5)ccc43)c(-c3cc(C)ccn3)n2)c1.[Ir]. The van der Waals surface area contributed by atoms with E-state index in [2.05, 4.69) is 150 Å². The van der Waals surface area contributed by atoms with Crippen molar-refractivity contribution < 1.29 is 34.0 Å². The molecule has 0 amide bonds. The fourth-order valence-corrected chi connectivity index (χ4v) is 9.23. The Morgan fingerprint density at radius 1 is 0.528 bits per heavy atom. The monoisotopic (exact) mass is 1120 g/mol. The van der Waals surface area contributed by atoms with Crippen molar-refractivity contribution in [3.63, 3.8) is 0 Å². The Balaban J connectivity index is 0.000000177. The Kier molecular flexibility index (Phi) is 14.5. The molecule has 1 radical (unpaired) electrons. The molecule has 7 aromatic carbocycles. The number of rotatable bonds is 9. The molecule has 0 spiro atoms. The maximum absolute atomic E-state index is 13.7. The predicted octanol–water partition coefficient (Wildman–Crippen LogP) is 17.4. The Labute approximate surface area is 434 Å². The summed E-state index contributed by atoms with van der Waals surface area (Å²) in [7, 11) is 0.